The van der Waals surface area contributed by atoms with Crippen LogP contribution in [0.3, 0.4) is 0 Å². The van der Waals surface area contributed by atoms with E-state index < -0.39 is 0 Å². The summed E-state index contributed by atoms with van der Waals surface area (Å²) in [6, 6.07) is 9.01. The number of rotatable bonds is 3. The lowest BCUT2D eigenvalue weighted by molar-refractivity contribution is 0.101. The molecule has 112 valence electrons. The van der Waals surface area contributed by atoms with E-state index in [1.54, 1.807) is 0 Å². The zero-order valence-electron chi connectivity index (χ0n) is 13.0. The van der Waals surface area contributed by atoms with Gasteiger partial charge < -0.3 is 5.73 Å². The van der Waals surface area contributed by atoms with E-state index in [1.807, 2.05) is 0 Å². The molecule has 20 heavy (non-hydrogen) atoms. The van der Waals surface area contributed by atoms with Crippen LogP contribution in [0.15, 0.2) is 24.3 Å². The largest absolute Gasteiger partial charge is 0.330 e. The van der Waals surface area contributed by atoms with Crippen LogP contribution in [0.2, 0.25) is 0 Å². The smallest absolute Gasteiger partial charge is 0.0130 e. The Hall–Kier alpha value is -0.0900. The molecule has 0 spiro atoms. The van der Waals surface area contributed by atoms with Crippen LogP contribution >= 0.6 is 22.6 Å². The Kier molecular flexibility index (Phi) is 5.52. The van der Waals surface area contributed by atoms with Gasteiger partial charge >= 0.3 is 0 Å². The second-order valence-corrected chi connectivity index (χ2v) is 8.71. The van der Waals surface area contributed by atoms with E-state index in [0.29, 0.717) is 11.3 Å². The maximum Gasteiger partial charge on any atom is 0.0130 e. The van der Waals surface area contributed by atoms with E-state index in [2.05, 4.69) is 67.6 Å². The molecular weight excluding hydrogens is 357 g/mol. The van der Waals surface area contributed by atoms with Crippen LogP contribution in [0, 0.1) is 26.7 Å². The van der Waals surface area contributed by atoms with E-state index in [0.717, 1.165) is 18.4 Å². The van der Waals surface area contributed by atoms with Gasteiger partial charge in [-0.25, -0.2) is 0 Å². The van der Waals surface area contributed by atoms with Gasteiger partial charge in [-0.2, -0.15) is 0 Å². The summed E-state index contributed by atoms with van der Waals surface area (Å²) in [6.07, 6.45) is 5.21. The van der Waals surface area contributed by atoms with Crippen molar-refractivity contribution in [1.29, 1.82) is 0 Å². The van der Waals surface area contributed by atoms with Crippen molar-refractivity contribution in [2.24, 2.45) is 28.9 Å². The minimum Gasteiger partial charge on any atom is -0.330 e. The van der Waals surface area contributed by atoms with E-state index >= 15 is 0 Å². The Morgan fingerprint density at radius 2 is 1.75 bits per heavy atom. The summed E-state index contributed by atoms with van der Waals surface area (Å²) in [6.45, 7) is 8.03. The third-order valence-corrected chi connectivity index (χ3v) is 5.80. The van der Waals surface area contributed by atoms with Gasteiger partial charge in [-0.05, 0) is 95.7 Å². The maximum absolute atomic E-state index is 6.02. The van der Waals surface area contributed by atoms with Gasteiger partial charge in [-0.1, -0.05) is 32.9 Å². The van der Waals surface area contributed by atoms with Crippen LogP contribution in [0.5, 0.6) is 0 Å². The van der Waals surface area contributed by atoms with Crippen LogP contribution < -0.4 is 5.73 Å². The first-order chi connectivity index (χ1) is 9.40. The molecule has 1 aromatic carbocycles. The average molecular weight is 385 g/mol. The summed E-state index contributed by atoms with van der Waals surface area (Å²) in [5, 5.41) is 0. The molecule has 0 aliphatic heterocycles. The third kappa shape index (κ3) is 4.20. The summed E-state index contributed by atoms with van der Waals surface area (Å²) < 4.78 is 1.32. The fourth-order valence-electron chi connectivity index (χ4n) is 3.60. The molecule has 1 nitrogen and oxygen atoms in total. The van der Waals surface area contributed by atoms with E-state index in [4.69, 9.17) is 5.73 Å². The molecule has 2 N–H and O–H groups in total. The van der Waals surface area contributed by atoms with Crippen LogP contribution in [0.25, 0.3) is 0 Å². The standard InChI is InChI=1S/C18H28IN/c1-18(2,3)16-7-6-14(12-20)15(11-16)10-13-4-8-17(19)9-5-13/h4-5,8-9,14-16H,6-7,10-12,20H2,1-3H3. The lowest BCUT2D eigenvalue weighted by Crippen LogP contribution is -2.36. The van der Waals surface area contributed by atoms with Crippen molar-refractivity contribution >= 4 is 22.6 Å². The number of hydrogen-bond acceptors (Lipinski definition) is 1. The average Bonchev–Trinajstić information content (AvgIpc) is 2.40. The fourth-order valence-corrected chi connectivity index (χ4v) is 3.96. The van der Waals surface area contributed by atoms with Gasteiger partial charge in [0, 0.05) is 3.57 Å². The third-order valence-electron chi connectivity index (χ3n) is 5.08. The van der Waals surface area contributed by atoms with E-state index in [1.165, 1.54) is 34.8 Å². The van der Waals surface area contributed by atoms with Crippen LogP contribution in [-0.4, -0.2) is 6.54 Å². The Bertz CT molecular complexity index is 418. The normalized spacial score (nSPS) is 27.6. The Morgan fingerprint density at radius 3 is 2.30 bits per heavy atom. The number of nitrogens with two attached hydrogens (primary N) is 1. The van der Waals surface area contributed by atoms with Crippen molar-refractivity contribution < 1.29 is 0 Å². The van der Waals surface area contributed by atoms with Gasteiger partial charge in [0.15, 0.2) is 0 Å². The van der Waals surface area contributed by atoms with Gasteiger partial charge in [-0.3, -0.25) is 0 Å². The first kappa shape index (κ1) is 16.3. The Labute approximate surface area is 137 Å². The highest BCUT2D eigenvalue weighted by atomic mass is 127. The molecule has 3 unspecified atom stereocenters. The summed E-state index contributed by atoms with van der Waals surface area (Å²) in [5.74, 6) is 2.32. The molecule has 1 aromatic rings. The van der Waals surface area contributed by atoms with Gasteiger partial charge in [0.1, 0.15) is 0 Å². The lowest BCUT2D eigenvalue weighted by Gasteiger charge is -2.41. The number of hydrogen-bond donors (Lipinski definition) is 1. The highest BCUT2D eigenvalue weighted by Crippen LogP contribution is 2.43. The molecule has 2 heteroatoms. The van der Waals surface area contributed by atoms with Crippen molar-refractivity contribution in [1.82, 2.24) is 0 Å². The summed E-state index contributed by atoms with van der Waals surface area (Å²) in [5.41, 5.74) is 7.93. The molecule has 3 atom stereocenters. The molecule has 1 aliphatic carbocycles. The van der Waals surface area contributed by atoms with Gasteiger partial charge in [0.2, 0.25) is 0 Å². The predicted octanol–water partition coefficient (Wildman–Crippen LogP) is 4.87. The quantitative estimate of drug-likeness (QED) is 0.738. The monoisotopic (exact) mass is 385 g/mol. The number of halogens is 1. The van der Waals surface area contributed by atoms with Crippen LogP contribution in [0.4, 0.5) is 0 Å². The van der Waals surface area contributed by atoms with Crippen molar-refractivity contribution in [2.75, 3.05) is 6.54 Å². The first-order valence-corrected chi connectivity index (χ1v) is 8.92. The maximum atomic E-state index is 6.02. The molecule has 0 saturated heterocycles. The van der Waals surface area contributed by atoms with Crippen molar-refractivity contribution in [3.63, 3.8) is 0 Å². The fraction of sp³-hybridized carbons (Fsp3) is 0.667. The molecule has 1 aliphatic rings. The predicted molar refractivity (Wildman–Crippen MR) is 95.7 cm³/mol. The highest BCUT2D eigenvalue weighted by molar-refractivity contribution is 14.1. The SMILES string of the molecule is CC(C)(C)C1CCC(CN)C(Cc2ccc(I)cc2)C1. The van der Waals surface area contributed by atoms with Crippen LogP contribution in [0.1, 0.15) is 45.6 Å². The summed E-state index contributed by atoms with van der Waals surface area (Å²) in [7, 11) is 0. The highest BCUT2D eigenvalue weighted by Gasteiger charge is 2.35. The van der Waals surface area contributed by atoms with Gasteiger partial charge in [0.05, 0.1) is 0 Å². The summed E-state index contributed by atoms with van der Waals surface area (Å²) in [4.78, 5) is 0. The molecule has 0 amide bonds. The molecule has 0 bridgehead atoms. The second kappa shape index (κ2) is 6.78. The molecule has 0 aromatic heterocycles. The molecule has 2 rings (SSSR count). The zero-order valence-corrected chi connectivity index (χ0v) is 15.2. The van der Waals surface area contributed by atoms with Crippen molar-refractivity contribution in [3.8, 4) is 0 Å². The van der Waals surface area contributed by atoms with E-state index in [9.17, 15) is 0 Å². The second-order valence-electron chi connectivity index (χ2n) is 7.46. The van der Waals surface area contributed by atoms with Gasteiger partial charge in [-0.15, -0.1) is 0 Å². The van der Waals surface area contributed by atoms with Crippen LogP contribution in [-0.2, 0) is 6.42 Å². The minimum absolute atomic E-state index is 0.434. The van der Waals surface area contributed by atoms with E-state index in [-0.39, 0.29) is 0 Å². The molecule has 1 saturated carbocycles. The van der Waals surface area contributed by atoms with Gasteiger partial charge in [0.25, 0.3) is 0 Å². The Morgan fingerprint density at radius 1 is 1.10 bits per heavy atom. The van der Waals surface area contributed by atoms with Crippen molar-refractivity contribution in [3.05, 3.63) is 33.4 Å². The topological polar surface area (TPSA) is 26.0 Å². The zero-order chi connectivity index (χ0) is 14.8. The molecular formula is C18H28IN. The first-order valence-electron chi connectivity index (χ1n) is 7.84. The molecule has 1 fully saturated rings. The molecule has 0 heterocycles. The lowest BCUT2D eigenvalue weighted by atomic mass is 9.64. The minimum atomic E-state index is 0.434. The molecule has 0 radical (unpaired) electrons. The Balaban J connectivity index is 2.07. The summed E-state index contributed by atoms with van der Waals surface area (Å²) >= 11 is 2.37. The number of benzene rings is 1. The van der Waals surface area contributed by atoms with Crippen molar-refractivity contribution in [2.45, 2.75) is 46.5 Å².